The van der Waals surface area contributed by atoms with E-state index >= 15 is 0 Å². The molecule has 0 aliphatic rings. The fraction of sp³-hybridized carbons (Fsp3) is 0.222. The average Bonchev–Trinajstić information content (AvgIpc) is 2.02. The number of ether oxygens (including phenoxy) is 1. The maximum absolute atomic E-state index is 13.0. The maximum atomic E-state index is 13.0. The predicted octanol–water partition coefficient (Wildman–Crippen LogP) is 2.44. The number of rotatable bonds is 2. The molecule has 0 aliphatic heterocycles. The molecule has 0 fully saturated rings. The van der Waals surface area contributed by atoms with Gasteiger partial charge in [0.2, 0.25) is 0 Å². The third-order valence-corrected chi connectivity index (χ3v) is 1.46. The summed E-state index contributed by atoms with van der Waals surface area (Å²) in [6.07, 6.45) is -3.92. The maximum Gasteiger partial charge on any atom is 0.431 e. The molecule has 0 saturated carbocycles. The van der Waals surface area contributed by atoms with Crippen LogP contribution in [-0.4, -0.2) is 5.97 Å². The van der Waals surface area contributed by atoms with Crippen LogP contribution < -0.4 is 0 Å². The lowest BCUT2D eigenvalue weighted by Crippen LogP contribution is -2.22. The Bertz CT molecular complexity index is 350. The molecule has 1 aromatic carbocycles. The van der Waals surface area contributed by atoms with E-state index in [4.69, 9.17) is 0 Å². The van der Waals surface area contributed by atoms with Crippen molar-refractivity contribution in [2.75, 3.05) is 0 Å². The van der Waals surface area contributed by atoms with Gasteiger partial charge in [-0.15, -0.1) is 0 Å². The quantitative estimate of drug-likeness (QED) is 0.691. The highest BCUT2D eigenvalue weighted by atomic mass is 19.3. The van der Waals surface area contributed by atoms with Crippen LogP contribution in [-0.2, 0) is 15.6 Å². The molecule has 0 aromatic heterocycles. The molecule has 0 atom stereocenters. The lowest BCUT2D eigenvalue weighted by molar-refractivity contribution is -0.239. The minimum atomic E-state index is -3.92. The summed E-state index contributed by atoms with van der Waals surface area (Å²) < 4.78 is 42.5. The van der Waals surface area contributed by atoms with Gasteiger partial charge in [-0.05, 0) is 12.1 Å². The average molecular weight is 204 g/mol. The van der Waals surface area contributed by atoms with E-state index in [2.05, 4.69) is 4.74 Å². The van der Waals surface area contributed by atoms with Gasteiger partial charge in [0, 0.05) is 6.92 Å². The van der Waals surface area contributed by atoms with Gasteiger partial charge in [-0.3, -0.25) is 4.79 Å². The number of hydrogen-bond donors (Lipinski definition) is 0. The summed E-state index contributed by atoms with van der Waals surface area (Å²) in [7, 11) is 0. The molecule has 2 nitrogen and oxygen atoms in total. The Morgan fingerprint density at radius 2 is 1.93 bits per heavy atom. The zero-order chi connectivity index (χ0) is 10.8. The summed E-state index contributed by atoms with van der Waals surface area (Å²) >= 11 is 0. The van der Waals surface area contributed by atoms with Crippen molar-refractivity contribution < 1.29 is 22.7 Å². The number of benzene rings is 1. The Labute approximate surface area is 78.3 Å². The topological polar surface area (TPSA) is 26.3 Å². The molecule has 0 unspecified atom stereocenters. The van der Waals surface area contributed by atoms with E-state index in [1.54, 1.807) is 0 Å². The molecule has 0 heterocycles. The number of carbonyl (C=O) groups excluding carboxylic acids is 1. The largest absolute Gasteiger partial charge is 0.431 e. The minimum absolute atomic E-state index is 0.828. The molecular weight excluding hydrogens is 197 g/mol. The Morgan fingerprint density at radius 1 is 1.36 bits per heavy atom. The Kier molecular flexibility index (Phi) is 2.78. The smallest absolute Gasteiger partial charge is 0.397 e. The van der Waals surface area contributed by atoms with Crippen LogP contribution in [0.15, 0.2) is 24.3 Å². The second kappa shape index (κ2) is 3.69. The zero-order valence-corrected chi connectivity index (χ0v) is 7.26. The number of alkyl halides is 2. The van der Waals surface area contributed by atoms with Gasteiger partial charge in [0.05, 0.1) is 0 Å². The van der Waals surface area contributed by atoms with Gasteiger partial charge in [-0.1, -0.05) is 12.1 Å². The van der Waals surface area contributed by atoms with Gasteiger partial charge in [-0.25, -0.2) is 4.39 Å². The van der Waals surface area contributed by atoms with Crippen LogP contribution >= 0.6 is 0 Å². The summed E-state index contributed by atoms with van der Waals surface area (Å²) in [6, 6.07) is 4.23. The van der Waals surface area contributed by atoms with E-state index in [1.165, 1.54) is 12.1 Å². The van der Waals surface area contributed by atoms with Gasteiger partial charge in [0.15, 0.2) is 0 Å². The van der Waals surface area contributed by atoms with Gasteiger partial charge in [-0.2, -0.15) is 8.78 Å². The minimum Gasteiger partial charge on any atom is -0.397 e. The van der Waals surface area contributed by atoms with Crippen LogP contribution in [0.3, 0.4) is 0 Å². The van der Waals surface area contributed by atoms with Crippen molar-refractivity contribution in [2.45, 2.75) is 13.0 Å². The van der Waals surface area contributed by atoms with Crippen LogP contribution in [0.25, 0.3) is 0 Å². The standard InChI is InChI=1S/C9H7F3O2/c1-6(13)14-9(11,12)7-4-2-3-5-8(7)10/h2-5H,1H3. The fourth-order valence-electron chi connectivity index (χ4n) is 0.933. The van der Waals surface area contributed by atoms with E-state index in [-0.39, 0.29) is 0 Å². The molecule has 76 valence electrons. The molecular formula is C9H7F3O2. The highest BCUT2D eigenvalue weighted by Crippen LogP contribution is 2.31. The lowest BCUT2D eigenvalue weighted by atomic mass is 10.2. The second-order valence-corrected chi connectivity index (χ2v) is 2.59. The van der Waals surface area contributed by atoms with E-state index < -0.39 is 23.5 Å². The molecule has 0 saturated heterocycles. The Morgan fingerprint density at radius 3 is 2.43 bits per heavy atom. The zero-order valence-electron chi connectivity index (χ0n) is 7.26. The normalized spacial score (nSPS) is 11.1. The first-order valence-corrected chi connectivity index (χ1v) is 3.76. The van der Waals surface area contributed by atoms with Crippen molar-refractivity contribution in [1.29, 1.82) is 0 Å². The van der Waals surface area contributed by atoms with Crippen molar-refractivity contribution in [3.8, 4) is 0 Å². The van der Waals surface area contributed by atoms with Crippen molar-refractivity contribution in [3.05, 3.63) is 35.6 Å². The predicted molar refractivity (Wildman–Crippen MR) is 42.1 cm³/mol. The van der Waals surface area contributed by atoms with Gasteiger partial charge >= 0.3 is 12.1 Å². The number of hydrogen-bond acceptors (Lipinski definition) is 2. The summed E-state index contributed by atoms with van der Waals surface area (Å²) in [6.45, 7) is 0.828. The molecule has 1 rings (SSSR count). The van der Waals surface area contributed by atoms with Crippen molar-refractivity contribution >= 4 is 5.97 Å². The first kappa shape index (κ1) is 10.6. The summed E-state index contributed by atoms with van der Waals surface area (Å²) in [4.78, 5) is 10.3. The van der Waals surface area contributed by atoms with E-state index in [0.29, 0.717) is 0 Å². The van der Waals surface area contributed by atoms with Crippen molar-refractivity contribution in [3.63, 3.8) is 0 Å². The molecule has 14 heavy (non-hydrogen) atoms. The molecule has 0 aliphatic carbocycles. The van der Waals surface area contributed by atoms with Crippen molar-refractivity contribution in [1.82, 2.24) is 0 Å². The van der Waals surface area contributed by atoms with Gasteiger partial charge < -0.3 is 4.74 Å². The highest BCUT2D eigenvalue weighted by Gasteiger charge is 2.38. The van der Waals surface area contributed by atoms with Crippen LogP contribution in [0.2, 0.25) is 0 Å². The molecule has 0 amide bonds. The third kappa shape index (κ3) is 2.25. The van der Waals surface area contributed by atoms with E-state index in [9.17, 15) is 18.0 Å². The van der Waals surface area contributed by atoms with Gasteiger partial charge in [0.25, 0.3) is 0 Å². The van der Waals surface area contributed by atoms with Crippen LogP contribution in [0.1, 0.15) is 12.5 Å². The van der Waals surface area contributed by atoms with E-state index in [1.807, 2.05) is 0 Å². The second-order valence-electron chi connectivity index (χ2n) is 2.59. The molecule has 0 radical (unpaired) electrons. The summed E-state index contributed by atoms with van der Waals surface area (Å²) in [5, 5.41) is 0. The Balaban J connectivity index is 3.03. The van der Waals surface area contributed by atoms with Crippen LogP contribution in [0.4, 0.5) is 13.2 Å². The van der Waals surface area contributed by atoms with E-state index in [0.717, 1.165) is 19.1 Å². The SMILES string of the molecule is CC(=O)OC(F)(F)c1ccccc1F. The summed E-state index contributed by atoms with van der Waals surface area (Å²) in [5.41, 5.74) is -0.949. The lowest BCUT2D eigenvalue weighted by Gasteiger charge is -2.15. The van der Waals surface area contributed by atoms with Crippen LogP contribution in [0, 0.1) is 5.82 Å². The number of carbonyl (C=O) groups is 1. The van der Waals surface area contributed by atoms with Gasteiger partial charge in [0.1, 0.15) is 11.4 Å². The molecule has 5 heteroatoms. The van der Waals surface area contributed by atoms with Crippen LogP contribution in [0.5, 0.6) is 0 Å². The van der Waals surface area contributed by atoms with Crippen molar-refractivity contribution in [2.24, 2.45) is 0 Å². The molecule has 0 N–H and O–H groups in total. The molecule has 0 bridgehead atoms. The first-order valence-electron chi connectivity index (χ1n) is 3.76. The first-order chi connectivity index (χ1) is 6.43. The summed E-state index contributed by atoms with van der Waals surface area (Å²) in [5.74, 6) is -2.28. The Hall–Kier alpha value is -1.52. The number of halogens is 3. The number of esters is 1. The molecule has 1 aromatic rings. The third-order valence-electron chi connectivity index (χ3n) is 1.46. The fourth-order valence-corrected chi connectivity index (χ4v) is 0.933. The highest BCUT2D eigenvalue weighted by molar-refractivity contribution is 5.66. The monoisotopic (exact) mass is 204 g/mol. The molecule has 0 spiro atoms.